The third-order valence-corrected chi connectivity index (χ3v) is 6.39. The SMILES string of the molecule is CCC1CCC(C(C)Cc2ccc(-c3cc(F)c(OC(F)(F)F)c(F)c3)c(F)c2)CC1. The van der Waals surface area contributed by atoms with Gasteiger partial charge in [0.1, 0.15) is 5.82 Å². The predicted octanol–water partition coefficient (Wildman–Crippen LogP) is 8.06. The molecule has 1 aliphatic carbocycles. The van der Waals surface area contributed by atoms with E-state index in [2.05, 4.69) is 18.6 Å². The molecule has 0 heterocycles. The van der Waals surface area contributed by atoms with Gasteiger partial charge in [-0.3, -0.25) is 0 Å². The molecular formula is C24H26F6O. The molecule has 2 aromatic carbocycles. The second kappa shape index (κ2) is 9.53. The molecule has 1 aliphatic rings. The van der Waals surface area contributed by atoms with E-state index in [-0.39, 0.29) is 11.1 Å². The average Bonchev–Trinajstić information content (AvgIpc) is 2.70. The van der Waals surface area contributed by atoms with Gasteiger partial charge in [0.2, 0.25) is 5.75 Å². The van der Waals surface area contributed by atoms with Crippen LogP contribution in [0.5, 0.6) is 5.75 Å². The van der Waals surface area contributed by atoms with Gasteiger partial charge >= 0.3 is 6.36 Å². The molecule has 31 heavy (non-hydrogen) atoms. The largest absolute Gasteiger partial charge is 0.573 e. The van der Waals surface area contributed by atoms with Crippen LogP contribution in [0.3, 0.4) is 0 Å². The molecule has 0 aromatic heterocycles. The van der Waals surface area contributed by atoms with Crippen molar-refractivity contribution in [2.75, 3.05) is 0 Å². The van der Waals surface area contributed by atoms with Crippen LogP contribution >= 0.6 is 0 Å². The van der Waals surface area contributed by atoms with Gasteiger partial charge in [0.15, 0.2) is 11.6 Å². The van der Waals surface area contributed by atoms with Crippen molar-refractivity contribution < 1.29 is 31.1 Å². The maximum absolute atomic E-state index is 14.7. The van der Waals surface area contributed by atoms with E-state index in [0.717, 1.165) is 11.5 Å². The number of hydrogen-bond donors (Lipinski definition) is 0. The van der Waals surface area contributed by atoms with Crippen LogP contribution in [0.4, 0.5) is 26.3 Å². The third kappa shape index (κ3) is 5.95. The van der Waals surface area contributed by atoms with E-state index < -0.39 is 29.6 Å². The van der Waals surface area contributed by atoms with E-state index in [1.54, 1.807) is 6.07 Å². The zero-order chi connectivity index (χ0) is 22.8. The summed E-state index contributed by atoms with van der Waals surface area (Å²) in [7, 11) is 0. The highest BCUT2D eigenvalue weighted by atomic mass is 19.4. The summed E-state index contributed by atoms with van der Waals surface area (Å²) in [5.74, 6) is -3.55. The molecule has 170 valence electrons. The van der Waals surface area contributed by atoms with E-state index in [1.807, 2.05) is 0 Å². The van der Waals surface area contributed by atoms with Crippen LogP contribution in [0.2, 0.25) is 0 Å². The number of halogens is 6. The number of ether oxygens (including phenoxy) is 1. The molecule has 7 heteroatoms. The minimum absolute atomic E-state index is 0.0868. The average molecular weight is 444 g/mol. The Morgan fingerprint density at radius 2 is 1.55 bits per heavy atom. The van der Waals surface area contributed by atoms with Gasteiger partial charge in [-0.05, 0) is 66.3 Å². The lowest BCUT2D eigenvalue weighted by Crippen LogP contribution is -2.21. The first-order valence-corrected chi connectivity index (χ1v) is 10.6. The molecule has 0 radical (unpaired) electrons. The quantitative estimate of drug-likeness (QED) is 0.410. The van der Waals surface area contributed by atoms with Gasteiger partial charge in [0.25, 0.3) is 0 Å². The van der Waals surface area contributed by atoms with Crippen LogP contribution in [0, 0.1) is 35.2 Å². The molecule has 1 atom stereocenters. The van der Waals surface area contributed by atoms with E-state index in [0.29, 0.717) is 30.4 Å². The molecule has 0 spiro atoms. The minimum Gasteiger partial charge on any atom is -0.399 e. The Hall–Kier alpha value is -2.18. The summed E-state index contributed by atoms with van der Waals surface area (Å²) < 4.78 is 82.9. The molecule has 0 bridgehead atoms. The van der Waals surface area contributed by atoms with Crippen molar-refractivity contribution >= 4 is 0 Å². The van der Waals surface area contributed by atoms with Crippen LogP contribution in [-0.4, -0.2) is 6.36 Å². The van der Waals surface area contributed by atoms with Crippen LogP contribution in [0.1, 0.15) is 51.5 Å². The Morgan fingerprint density at radius 1 is 0.935 bits per heavy atom. The zero-order valence-corrected chi connectivity index (χ0v) is 17.5. The standard InChI is InChI=1S/C24H26F6O/c1-3-15-4-7-17(8-5-15)14(2)10-16-6-9-19(20(25)11-16)18-12-21(26)23(22(27)13-18)31-24(28,29)30/h6,9,11-15,17H,3-5,7-8,10H2,1-2H3. The third-order valence-electron chi connectivity index (χ3n) is 6.39. The first kappa shape index (κ1) is 23.5. The smallest absolute Gasteiger partial charge is 0.399 e. The number of benzene rings is 2. The molecule has 0 amide bonds. The fourth-order valence-corrected chi connectivity index (χ4v) is 4.55. The summed E-state index contributed by atoms with van der Waals surface area (Å²) in [4.78, 5) is 0. The lowest BCUT2D eigenvalue weighted by Gasteiger charge is -2.32. The number of rotatable bonds is 6. The molecule has 1 unspecified atom stereocenters. The normalized spacial score (nSPS) is 20.5. The molecule has 2 aromatic rings. The van der Waals surface area contributed by atoms with Gasteiger partial charge in [-0.1, -0.05) is 45.2 Å². The molecule has 0 aliphatic heterocycles. The molecule has 0 saturated heterocycles. The van der Waals surface area contributed by atoms with Gasteiger partial charge in [0, 0.05) is 5.56 Å². The lowest BCUT2D eigenvalue weighted by atomic mass is 9.74. The second-order valence-corrected chi connectivity index (χ2v) is 8.50. The summed E-state index contributed by atoms with van der Waals surface area (Å²) in [5, 5.41) is 0. The zero-order valence-electron chi connectivity index (χ0n) is 17.5. The van der Waals surface area contributed by atoms with Crippen LogP contribution < -0.4 is 4.74 Å². The topological polar surface area (TPSA) is 9.23 Å². The highest BCUT2D eigenvalue weighted by Gasteiger charge is 2.34. The van der Waals surface area contributed by atoms with Crippen molar-refractivity contribution in [3.05, 3.63) is 53.3 Å². The molecule has 1 saturated carbocycles. The molecule has 3 rings (SSSR count). The van der Waals surface area contributed by atoms with Gasteiger partial charge < -0.3 is 4.74 Å². The van der Waals surface area contributed by atoms with Crippen molar-refractivity contribution in [3.8, 4) is 16.9 Å². The van der Waals surface area contributed by atoms with Crippen LogP contribution in [0.25, 0.3) is 11.1 Å². The highest BCUT2D eigenvalue weighted by Crippen LogP contribution is 2.37. The first-order chi connectivity index (χ1) is 14.6. The summed E-state index contributed by atoms with van der Waals surface area (Å²) in [6.07, 6.45) is 1.46. The van der Waals surface area contributed by atoms with Crippen molar-refractivity contribution in [3.63, 3.8) is 0 Å². The van der Waals surface area contributed by atoms with Crippen molar-refractivity contribution in [1.82, 2.24) is 0 Å². The monoisotopic (exact) mass is 444 g/mol. The van der Waals surface area contributed by atoms with E-state index in [1.165, 1.54) is 44.2 Å². The first-order valence-electron chi connectivity index (χ1n) is 10.6. The summed E-state index contributed by atoms with van der Waals surface area (Å²) in [5.41, 5.74) is 0.500. The minimum atomic E-state index is -5.23. The van der Waals surface area contributed by atoms with Crippen molar-refractivity contribution in [2.45, 2.75) is 58.7 Å². The van der Waals surface area contributed by atoms with Crippen LogP contribution in [0.15, 0.2) is 30.3 Å². The summed E-state index contributed by atoms with van der Waals surface area (Å²) in [6, 6.07) is 5.71. The molecule has 1 fully saturated rings. The van der Waals surface area contributed by atoms with Crippen molar-refractivity contribution in [2.24, 2.45) is 17.8 Å². The van der Waals surface area contributed by atoms with Gasteiger partial charge in [-0.15, -0.1) is 13.2 Å². The predicted molar refractivity (Wildman–Crippen MR) is 107 cm³/mol. The lowest BCUT2D eigenvalue weighted by molar-refractivity contribution is -0.276. The molecule has 0 N–H and O–H groups in total. The van der Waals surface area contributed by atoms with E-state index in [9.17, 15) is 26.3 Å². The fourth-order valence-electron chi connectivity index (χ4n) is 4.55. The molecular weight excluding hydrogens is 418 g/mol. The number of alkyl halides is 3. The van der Waals surface area contributed by atoms with E-state index in [4.69, 9.17) is 0 Å². The Balaban J connectivity index is 1.74. The highest BCUT2D eigenvalue weighted by molar-refractivity contribution is 5.65. The maximum atomic E-state index is 14.7. The Morgan fingerprint density at radius 3 is 2.06 bits per heavy atom. The fraction of sp³-hybridized carbons (Fsp3) is 0.500. The van der Waals surface area contributed by atoms with Gasteiger partial charge in [-0.2, -0.15) is 0 Å². The van der Waals surface area contributed by atoms with Gasteiger partial charge in [-0.25, -0.2) is 13.2 Å². The number of hydrogen-bond acceptors (Lipinski definition) is 1. The van der Waals surface area contributed by atoms with Gasteiger partial charge in [0.05, 0.1) is 0 Å². The summed E-state index contributed by atoms with van der Waals surface area (Å²) in [6.45, 7) is 4.38. The summed E-state index contributed by atoms with van der Waals surface area (Å²) >= 11 is 0. The Labute approximate surface area is 178 Å². The second-order valence-electron chi connectivity index (χ2n) is 8.50. The maximum Gasteiger partial charge on any atom is 0.573 e. The Kier molecular flexibility index (Phi) is 7.22. The molecule has 1 nitrogen and oxygen atoms in total. The van der Waals surface area contributed by atoms with Crippen molar-refractivity contribution in [1.29, 1.82) is 0 Å². The van der Waals surface area contributed by atoms with E-state index >= 15 is 0 Å². The van der Waals surface area contributed by atoms with Crippen LogP contribution in [-0.2, 0) is 6.42 Å². The Bertz CT molecular complexity index is 876.